The molecule has 0 bridgehead atoms. The summed E-state index contributed by atoms with van der Waals surface area (Å²) in [6, 6.07) is 7.08. The molecule has 64 valence electrons. The van der Waals surface area contributed by atoms with Crippen LogP contribution in [-0.2, 0) is 4.79 Å². The highest BCUT2D eigenvalue weighted by Crippen LogP contribution is 2.13. The van der Waals surface area contributed by atoms with Crippen LogP contribution in [0.5, 0.6) is 0 Å². The van der Waals surface area contributed by atoms with Gasteiger partial charge in [0, 0.05) is 0 Å². The van der Waals surface area contributed by atoms with Crippen LogP contribution >= 0.6 is 0 Å². The molecule has 0 unspecified atom stereocenters. The van der Waals surface area contributed by atoms with Crippen molar-refractivity contribution in [3.05, 3.63) is 47.3 Å². The molecule has 0 saturated heterocycles. The maximum atomic E-state index is 10.6. The zero-order chi connectivity index (χ0) is 9.68. The molecule has 1 rings (SSSR count). The van der Waals surface area contributed by atoms with Gasteiger partial charge in [0.05, 0.1) is 6.57 Å². The number of rotatable bonds is 2. The van der Waals surface area contributed by atoms with Crippen molar-refractivity contribution in [2.75, 3.05) is 0 Å². The highest BCUT2D eigenvalue weighted by molar-refractivity contribution is 5.91. The highest BCUT2D eigenvalue weighted by atomic mass is 16.1. The molecule has 0 saturated carbocycles. The smallest absolute Gasteiger partial charge is 0.187 e. The van der Waals surface area contributed by atoms with Crippen molar-refractivity contribution in [3.63, 3.8) is 0 Å². The van der Waals surface area contributed by atoms with E-state index in [1.807, 2.05) is 12.1 Å². The molecule has 2 nitrogen and oxygen atoms in total. The second kappa shape index (κ2) is 4.22. The topological polar surface area (TPSA) is 21.4 Å². The van der Waals surface area contributed by atoms with Crippen LogP contribution in [0.15, 0.2) is 30.3 Å². The minimum atomic E-state index is 0.0225. The highest BCUT2D eigenvalue weighted by Gasteiger charge is 1.89. The van der Waals surface area contributed by atoms with E-state index in [1.54, 1.807) is 18.2 Å². The molecule has 0 spiro atoms. The zero-order valence-electron chi connectivity index (χ0n) is 7.32. The average Bonchev–Trinajstić information content (AvgIpc) is 2.15. The van der Waals surface area contributed by atoms with E-state index >= 15 is 0 Å². The van der Waals surface area contributed by atoms with E-state index in [-0.39, 0.29) is 5.78 Å². The number of hydrogen-bond donors (Lipinski definition) is 0. The average molecular weight is 171 g/mol. The summed E-state index contributed by atoms with van der Waals surface area (Å²) in [4.78, 5) is 13.9. The number of nitrogens with zero attached hydrogens (tertiary/aromatic N) is 1. The van der Waals surface area contributed by atoms with Crippen LogP contribution in [0.3, 0.4) is 0 Å². The minimum absolute atomic E-state index is 0.0225. The first-order valence-electron chi connectivity index (χ1n) is 3.88. The van der Waals surface area contributed by atoms with E-state index in [0.717, 1.165) is 5.56 Å². The van der Waals surface area contributed by atoms with Crippen LogP contribution in [0.25, 0.3) is 10.9 Å². The Hall–Kier alpha value is -1.88. The van der Waals surface area contributed by atoms with Gasteiger partial charge in [0.1, 0.15) is 0 Å². The second-order valence-corrected chi connectivity index (χ2v) is 2.65. The SMILES string of the molecule is [C-]#[N+]c1ccc(/C=C/C(C)=O)cc1. The fraction of sp³-hybridized carbons (Fsp3) is 0.0909. The van der Waals surface area contributed by atoms with Gasteiger partial charge in [-0.15, -0.1) is 0 Å². The second-order valence-electron chi connectivity index (χ2n) is 2.65. The molecule has 0 fully saturated rings. The third-order valence-electron chi connectivity index (χ3n) is 1.53. The molecule has 0 aromatic heterocycles. The fourth-order valence-electron chi connectivity index (χ4n) is 0.874. The van der Waals surface area contributed by atoms with Gasteiger partial charge in [-0.05, 0) is 18.6 Å². The van der Waals surface area contributed by atoms with Gasteiger partial charge >= 0.3 is 0 Å². The molecular weight excluding hydrogens is 162 g/mol. The molecule has 13 heavy (non-hydrogen) atoms. The Labute approximate surface area is 77.3 Å². The Morgan fingerprint density at radius 3 is 2.46 bits per heavy atom. The molecule has 1 aromatic carbocycles. The summed E-state index contributed by atoms with van der Waals surface area (Å²) in [7, 11) is 0. The van der Waals surface area contributed by atoms with Gasteiger partial charge < -0.3 is 0 Å². The summed E-state index contributed by atoms with van der Waals surface area (Å²) in [5.74, 6) is 0.0225. The number of ketones is 1. The summed E-state index contributed by atoms with van der Waals surface area (Å²) < 4.78 is 0. The van der Waals surface area contributed by atoms with Crippen LogP contribution in [-0.4, -0.2) is 5.78 Å². The molecule has 0 atom stereocenters. The minimum Gasteiger partial charge on any atom is -0.295 e. The lowest BCUT2D eigenvalue weighted by atomic mass is 10.2. The lowest BCUT2D eigenvalue weighted by Crippen LogP contribution is -1.79. The van der Waals surface area contributed by atoms with Gasteiger partial charge in [0.15, 0.2) is 11.5 Å². The predicted molar refractivity (Wildman–Crippen MR) is 52.4 cm³/mol. The normalized spacial score (nSPS) is 9.85. The maximum Gasteiger partial charge on any atom is 0.187 e. The van der Waals surface area contributed by atoms with Crippen LogP contribution < -0.4 is 0 Å². The monoisotopic (exact) mass is 171 g/mol. The molecule has 0 heterocycles. The zero-order valence-corrected chi connectivity index (χ0v) is 7.32. The van der Waals surface area contributed by atoms with Crippen molar-refractivity contribution in [2.45, 2.75) is 6.92 Å². The number of hydrogen-bond acceptors (Lipinski definition) is 1. The predicted octanol–water partition coefficient (Wildman–Crippen LogP) is 2.84. The third kappa shape index (κ3) is 2.92. The Morgan fingerprint density at radius 2 is 2.00 bits per heavy atom. The quantitative estimate of drug-likeness (QED) is 0.495. The summed E-state index contributed by atoms with van der Waals surface area (Å²) >= 11 is 0. The van der Waals surface area contributed by atoms with Crippen LogP contribution in [0.1, 0.15) is 12.5 Å². The number of benzene rings is 1. The molecule has 0 N–H and O–H groups in total. The van der Waals surface area contributed by atoms with Gasteiger partial charge in [0.25, 0.3) is 0 Å². The standard InChI is InChI=1S/C11H9NO/c1-9(13)3-4-10-5-7-11(12-2)8-6-10/h3-8H,1H3/b4-3+. The van der Waals surface area contributed by atoms with Crippen LogP contribution in [0.4, 0.5) is 5.69 Å². The molecule has 0 amide bonds. The van der Waals surface area contributed by atoms with Gasteiger partial charge in [0.2, 0.25) is 0 Å². The van der Waals surface area contributed by atoms with Crippen molar-refractivity contribution in [3.8, 4) is 0 Å². The van der Waals surface area contributed by atoms with Crippen molar-refractivity contribution in [1.82, 2.24) is 0 Å². The first-order valence-corrected chi connectivity index (χ1v) is 3.88. The fourth-order valence-corrected chi connectivity index (χ4v) is 0.874. The Kier molecular flexibility index (Phi) is 2.99. The van der Waals surface area contributed by atoms with E-state index in [2.05, 4.69) is 4.85 Å². The number of allylic oxidation sites excluding steroid dienone is 1. The molecule has 0 aliphatic rings. The van der Waals surface area contributed by atoms with Crippen molar-refractivity contribution in [1.29, 1.82) is 0 Å². The molecular formula is C11H9NO. The molecule has 2 heteroatoms. The lowest BCUT2D eigenvalue weighted by Gasteiger charge is -1.91. The van der Waals surface area contributed by atoms with E-state index in [0.29, 0.717) is 5.69 Å². The first kappa shape index (κ1) is 9.21. The van der Waals surface area contributed by atoms with Crippen molar-refractivity contribution < 1.29 is 4.79 Å². The molecule has 0 radical (unpaired) electrons. The Balaban J connectivity index is 2.82. The van der Waals surface area contributed by atoms with Gasteiger partial charge in [-0.3, -0.25) is 4.79 Å². The van der Waals surface area contributed by atoms with Gasteiger partial charge in [-0.2, -0.15) is 0 Å². The van der Waals surface area contributed by atoms with Gasteiger partial charge in [-0.1, -0.05) is 30.3 Å². The summed E-state index contributed by atoms with van der Waals surface area (Å²) in [5, 5.41) is 0. The molecule has 1 aromatic rings. The van der Waals surface area contributed by atoms with E-state index in [9.17, 15) is 4.79 Å². The molecule has 0 aliphatic carbocycles. The summed E-state index contributed by atoms with van der Waals surface area (Å²) in [6.45, 7) is 8.24. The number of carbonyl (C=O) groups excluding carboxylic acids is 1. The van der Waals surface area contributed by atoms with Crippen LogP contribution in [0.2, 0.25) is 0 Å². The van der Waals surface area contributed by atoms with E-state index < -0.39 is 0 Å². The van der Waals surface area contributed by atoms with E-state index in [4.69, 9.17) is 6.57 Å². The van der Waals surface area contributed by atoms with Crippen molar-refractivity contribution >= 4 is 17.5 Å². The maximum absolute atomic E-state index is 10.6. The van der Waals surface area contributed by atoms with Crippen molar-refractivity contribution in [2.24, 2.45) is 0 Å². The van der Waals surface area contributed by atoms with Crippen LogP contribution in [0, 0.1) is 6.57 Å². The third-order valence-corrected chi connectivity index (χ3v) is 1.53. The molecule has 0 aliphatic heterocycles. The Morgan fingerprint density at radius 1 is 1.38 bits per heavy atom. The Bertz CT molecular complexity index is 368. The largest absolute Gasteiger partial charge is 0.295 e. The lowest BCUT2D eigenvalue weighted by molar-refractivity contribution is -0.112. The summed E-state index contributed by atoms with van der Waals surface area (Å²) in [6.07, 6.45) is 3.24. The summed E-state index contributed by atoms with van der Waals surface area (Å²) in [5.41, 5.74) is 1.54. The number of carbonyl (C=O) groups is 1. The van der Waals surface area contributed by atoms with E-state index in [1.165, 1.54) is 13.0 Å². The first-order chi connectivity index (χ1) is 6.22. The van der Waals surface area contributed by atoms with Gasteiger partial charge in [-0.25, -0.2) is 4.85 Å².